The molecule has 0 aliphatic heterocycles. The summed E-state index contributed by atoms with van der Waals surface area (Å²) in [7, 11) is 0. The van der Waals surface area contributed by atoms with Crippen LogP contribution in [0.15, 0.2) is 24.5 Å². The van der Waals surface area contributed by atoms with E-state index in [1.165, 1.54) is 5.56 Å². The van der Waals surface area contributed by atoms with Crippen molar-refractivity contribution < 1.29 is 4.57 Å². The van der Waals surface area contributed by atoms with E-state index in [1.807, 2.05) is 0 Å². The maximum atomic E-state index is 6.25. The Bertz CT molecular complexity index is 211. The third kappa shape index (κ3) is 3.36. The summed E-state index contributed by atoms with van der Waals surface area (Å²) in [4.78, 5) is 0. The van der Waals surface area contributed by atoms with Crippen molar-refractivity contribution in [3.63, 3.8) is 0 Å². The fourth-order valence-corrected chi connectivity index (χ4v) is 0.743. The number of rotatable bonds is 1. The molecule has 0 spiro atoms. The predicted molar refractivity (Wildman–Crippen MR) is 42.0 cm³/mol. The quantitative estimate of drug-likeness (QED) is 0.437. The maximum Gasteiger partial charge on any atom is 0.169 e. The molecule has 0 fully saturated rings. The summed E-state index contributed by atoms with van der Waals surface area (Å²) in [6.07, 6.45) is 4.19. The van der Waals surface area contributed by atoms with E-state index in [-0.39, 0.29) is 0 Å². The van der Waals surface area contributed by atoms with Gasteiger partial charge in [0.25, 0.3) is 0 Å². The molecule has 0 aliphatic carbocycles. The molecule has 2 heteroatoms. The van der Waals surface area contributed by atoms with Crippen LogP contribution < -0.4 is 4.57 Å². The van der Waals surface area contributed by atoms with Crippen molar-refractivity contribution in [2.24, 2.45) is 0 Å². The van der Waals surface area contributed by atoms with E-state index in [9.17, 15) is 0 Å². The molecule has 0 saturated carbocycles. The first-order valence-corrected chi connectivity index (χ1v) is 3.51. The van der Waals surface area contributed by atoms with Gasteiger partial charge in [-0.3, -0.25) is 0 Å². The standard InChI is InChI=1S/C8H12N.CN/c1-3-9-6-4-8(2)5-7-9;1-2/h4-7H,3H2,1-2H3;/q+1;-1. The predicted octanol–water partition coefficient (Wildman–Crippen LogP) is 1.40. The van der Waals surface area contributed by atoms with E-state index >= 15 is 0 Å². The molecule has 58 valence electrons. The van der Waals surface area contributed by atoms with Crippen LogP contribution in [-0.4, -0.2) is 0 Å². The second kappa shape index (κ2) is 5.43. The van der Waals surface area contributed by atoms with Gasteiger partial charge in [0.15, 0.2) is 12.4 Å². The number of hydrogen-bond acceptors (Lipinski definition) is 1. The topological polar surface area (TPSA) is 27.7 Å². The molecule has 11 heavy (non-hydrogen) atoms. The van der Waals surface area contributed by atoms with Gasteiger partial charge in [-0.05, 0) is 19.4 Å². The molecular formula is C9H12N2. The fraction of sp³-hybridized carbons (Fsp3) is 0.333. The normalized spacial score (nSPS) is 8.00. The SMILES string of the molecule is CC[n+]1ccc(C)cc1.[C-]#N. The number of aromatic nitrogens is 1. The molecule has 0 atom stereocenters. The number of aryl methyl sites for hydroxylation is 2. The molecule has 1 aromatic rings. The van der Waals surface area contributed by atoms with Crippen LogP contribution >= 0.6 is 0 Å². The van der Waals surface area contributed by atoms with Crippen molar-refractivity contribution in [2.75, 3.05) is 0 Å². The van der Waals surface area contributed by atoms with Crippen LogP contribution in [0.3, 0.4) is 0 Å². The Balaban J connectivity index is 0.000000461. The first-order chi connectivity index (χ1) is 5.33. The van der Waals surface area contributed by atoms with Crippen LogP contribution in [0.5, 0.6) is 0 Å². The molecule has 1 heterocycles. The van der Waals surface area contributed by atoms with Crippen molar-refractivity contribution >= 4 is 0 Å². The Morgan fingerprint density at radius 1 is 1.36 bits per heavy atom. The minimum atomic E-state index is 1.06. The van der Waals surface area contributed by atoms with Crippen molar-refractivity contribution in [3.8, 4) is 0 Å². The summed E-state index contributed by atoms with van der Waals surface area (Å²) >= 11 is 0. The van der Waals surface area contributed by atoms with E-state index in [1.54, 1.807) is 0 Å². The Morgan fingerprint density at radius 2 is 1.82 bits per heavy atom. The molecule has 0 radical (unpaired) electrons. The van der Waals surface area contributed by atoms with Crippen LogP contribution in [-0.2, 0) is 6.54 Å². The highest BCUT2D eigenvalue weighted by Gasteiger charge is 1.90. The monoisotopic (exact) mass is 148 g/mol. The molecule has 2 nitrogen and oxygen atoms in total. The Hall–Kier alpha value is -1.36. The van der Waals surface area contributed by atoms with Crippen molar-refractivity contribution in [3.05, 3.63) is 36.7 Å². The molecule has 0 bridgehead atoms. The van der Waals surface area contributed by atoms with Crippen molar-refractivity contribution in [2.45, 2.75) is 20.4 Å². The minimum Gasteiger partial charge on any atom is -0.512 e. The average molecular weight is 148 g/mol. The number of pyridine rings is 1. The van der Waals surface area contributed by atoms with Gasteiger partial charge in [-0.25, -0.2) is 4.57 Å². The highest BCUT2D eigenvalue weighted by Crippen LogP contribution is 1.88. The molecule has 0 saturated heterocycles. The zero-order chi connectivity index (χ0) is 8.69. The Labute approximate surface area is 67.7 Å². The second-order valence-electron chi connectivity index (χ2n) is 2.21. The Kier molecular flexibility index (Phi) is 4.76. The zero-order valence-electron chi connectivity index (χ0n) is 6.91. The third-order valence-corrected chi connectivity index (χ3v) is 1.42. The van der Waals surface area contributed by atoms with Gasteiger partial charge in [-0.15, -0.1) is 0 Å². The van der Waals surface area contributed by atoms with Crippen LogP contribution in [0, 0.1) is 18.8 Å². The van der Waals surface area contributed by atoms with Gasteiger partial charge in [0.2, 0.25) is 0 Å². The van der Waals surface area contributed by atoms with E-state index in [4.69, 9.17) is 11.8 Å². The molecule has 1 rings (SSSR count). The van der Waals surface area contributed by atoms with Crippen molar-refractivity contribution in [1.29, 1.82) is 5.26 Å². The zero-order valence-corrected chi connectivity index (χ0v) is 6.91. The van der Waals surface area contributed by atoms with Gasteiger partial charge < -0.3 is 11.8 Å². The first-order valence-electron chi connectivity index (χ1n) is 3.51. The molecule has 0 N–H and O–H groups in total. The molecule has 0 aliphatic rings. The lowest BCUT2D eigenvalue weighted by molar-refractivity contribution is -0.693. The lowest BCUT2D eigenvalue weighted by Gasteiger charge is -1.89. The smallest absolute Gasteiger partial charge is 0.169 e. The van der Waals surface area contributed by atoms with Crippen LogP contribution in [0.25, 0.3) is 0 Å². The van der Waals surface area contributed by atoms with E-state index < -0.39 is 0 Å². The average Bonchev–Trinajstić information content (AvgIpc) is 2.10. The number of nitrogens with zero attached hydrogens (tertiary/aromatic N) is 2. The van der Waals surface area contributed by atoms with Gasteiger partial charge in [0, 0.05) is 12.1 Å². The van der Waals surface area contributed by atoms with Crippen LogP contribution in [0.1, 0.15) is 12.5 Å². The third-order valence-electron chi connectivity index (χ3n) is 1.42. The summed E-state index contributed by atoms with van der Waals surface area (Å²) in [5, 5.41) is 6.25. The minimum absolute atomic E-state index is 1.06. The molecule has 1 aromatic heterocycles. The van der Waals surface area contributed by atoms with E-state index in [2.05, 4.69) is 42.9 Å². The van der Waals surface area contributed by atoms with Gasteiger partial charge in [0.05, 0.1) is 0 Å². The summed E-state index contributed by atoms with van der Waals surface area (Å²) in [5.41, 5.74) is 1.32. The maximum absolute atomic E-state index is 6.25. The Morgan fingerprint density at radius 3 is 2.18 bits per heavy atom. The summed E-state index contributed by atoms with van der Waals surface area (Å²) in [6.45, 7) is 10.0. The van der Waals surface area contributed by atoms with Gasteiger partial charge >= 0.3 is 0 Å². The largest absolute Gasteiger partial charge is 0.512 e. The lowest BCUT2D eigenvalue weighted by atomic mass is 10.3. The summed E-state index contributed by atoms with van der Waals surface area (Å²) in [6, 6.07) is 4.23. The second-order valence-corrected chi connectivity index (χ2v) is 2.21. The summed E-state index contributed by atoms with van der Waals surface area (Å²) in [5.74, 6) is 0. The number of hydrogen-bond donors (Lipinski definition) is 0. The fourth-order valence-electron chi connectivity index (χ4n) is 0.743. The highest BCUT2D eigenvalue weighted by atomic mass is 14.9. The first kappa shape index (κ1) is 9.64. The molecular weight excluding hydrogens is 136 g/mol. The van der Waals surface area contributed by atoms with Crippen LogP contribution in [0.4, 0.5) is 0 Å². The summed E-state index contributed by atoms with van der Waals surface area (Å²) < 4.78 is 2.15. The van der Waals surface area contributed by atoms with Crippen molar-refractivity contribution in [1.82, 2.24) is 0 Å². The highest BCUT2D eigenvalue weighted by molar-refractivity contribution is 5.02. The lowest BCUT2D eigenvalue weighted by Crippen LogP contribution is -2.30. The van der Waals surface area contributed by atoms with Gasteiger partial charge in [-0.2, -0.15) is 0 Å². The molecule has 0 amide bonds. The van der Waals surface area contributed by atoms with Gasteiger partial charge in [-0.1, -0.05) is 0 Å². The molecule has 0 unspecified atom stereocenters. The molecule has 0 aromatic carbocycles. The van der Waals surface area contributed by atoms with Crippen LogP contribution in [0.2, 0.25) is 0 Å². The van der Waals surface area contributed by atoms with E-state index in [0.717, 1.165) is 6.54 Å². The van der Waals surface area contributed by atoms with E-state index in [0.29, 0.717) is 0 Å². The van der Waals surface area contributed by atoms with Gasteiger partial charge in [0.1, 0.15) is 6.54 Å².